The molecule has 4 heterocycles. The maximum atomic E-state index is 12.8. The molecule has 1 atom stereocenters. The average molecular weight is 433 g/mol. The third kappa shape index (κ3) is 3.92. The number of morpholine rings is 1. The molecule has 0 saturated carbocycles. The zero-order valence-electron chi connectivity index (χ0n) is 15.0. The van der Waals surface area contributed by atoms with Gasteiger partial charge in [-0.05, 0) is 41.1 Å². The number of fused-ring (bicyclic) bond motifs is 1. The SMILES string of the molecule is Cc1ccc(C(CNC(=O)c2c[nH]c3ncc(Br)cc23)N2CCOCC2)o1. The van der Waals surface area contributed by atoms with Crippen LogP contribution in [0.15, 0.2) is 39.5 Å². The van der Waals surface area contributed by atoms with Crippen molar-refractivity contribution in [2.45, 2.75) is 13.0 Å². The van der Waals surface area contributed by atoms with Crippen molar-refractivity contribution in [1.29, 1.82) is 0 Å². The van der Waals surface area contributed by atoms with Crippen molar-refractivity contribution < 1.29 is 13.9 Å². The molecule has 4 rings (SSSR count). The average Bonchev–Trinajstić information content (AvgIpc) is 3.28. The number of amides is 1. The van der Waals surface area contributed by atoms with E-state index in [1.807, 2.05) is 25.1 Å². The maximum absolute atomic E-state index is 12.8. The molecule has 0 aliphatic carbocycles. The first-order chi connectivity index (χ1) is 13.1. The number of halogens is 1. The molecule has 8 heteroatoms. The Kier molecular flexibility index (Phi) is 5.29. The zero-order chi connectivity index (χ0) is 18.8. The second-order valence-electron chi connectivity index (χ2n) is 6.57. The molecule has 3 aromatic heterocycles. The van der Waals surface area contributed by atoms with Gasteiger partial charge in [0, 0.05) is 41.9 Å². The van der Waals surface area contributed by atoms with E-state index in [0.29, 0.717) is 31.0 Å². The molecular formula is C19H21BrN4O3. The fourth-order valence-corrected chi connectivity index (χ4v) is 3.71. The molecule has 3 aromatic rings. The second kappa shape index (κ2) is 7.84. The number of rotatable bonds is 5. The Morgan fingerprint density at radius 2 is 2.22 bits per heavy atom. The highest BCUT2D eigenvalue weighted by molar-refractivity contribution is 9.10. The summed E-state index contributed by atoms with van der Waals surface area (Å²) in [5, 5.41) is 3.85. The van der Waals surface area contributed by atoms with Gasteiger partial charge in [0.15, 0.2) is 0 Å². The highest BCUT2D eigenvalue weighted by atomic mass is 79.9. The monoisotopic (exact) mass is 432 g/mol. The third-order valence-electron chi connectivity index (χ3n) is 4.77. The fraction of sp³-hybridized carbons (Fsp3) is 0.368. The number of H-pyrrole nitrogens is 1. The molecule has 27 heavy (non-hydrogen) atoms. The fourth-order valence-electron chi connectivity index (χ4n) is 3.38. The van der Waals surface area contributed by atoms with Crippen LogP contribution in [0.5, 0.6) is 0 Å². The number of aromatic amines is 1. The molecule has 1 fully saturated rings. The number of nitrogens with zero attached hydrogens (tertiary/aromatic N) is 2. The molecule has 0 bridgehead atoms. The molecule has 1 aliphatic rings. The number of aryl methyl sites for hydroxylation is 1. The quantitative estimate of drug-likeness (QED) is 0.647. The number of furan rings is 1. The minimum Gasteiger partial charge on any atom is -0.465 e. The predicted octanol–water partition coefficient (Wildman–Crippen LogP) is 3.03. The van der Waals surface area contributed by atoms with Gasteiger partial charge in [0.05, 0.1) is 24.8 Å². The van der Waals surface area contributed by atoms with E-state index in [1.54, 1.807) is 12.4 Å². The predicted molar refractivity (Wildman–Crippen MR) is 105 cm³/mol. The Labute approximate surface area is 165 Å². The van der Waals surface area contributed by atoms with Gasteiger partial charge < -0.3 is 19.5 Å². The van der Waals surface area contributed by atoms with E-state index in [-0.39, 0.29) is 11.9 Å². The summed E-state index contributed by atoms with van der Waals surface area (Å²) in [6.45, 7) is 5.38. The lowest BCUT2D eigenvalue weighted by Gasteiger charge is -2.33. The topological polar surface area (TPSA) is 83.4 Å². The van der Waals surface area contributed by atoms with Crippen LogP contribution in [0.1, 0.15) is 27.9 Å². The second-order valence-corrected chi connectivity index (χ2v) is 7.49. The van der Waals surface area contributed by atoms with Gasteiger partial charge in [0.25, 0.3) is 5.91 Å². The van der Waals surface area contributed by atoms with Crippen LogP contribution in [0.2, 0.25) is 0 Å². The molecule has 0 aromatic carbocycles. The number of nitrogens with one attached hydrogen (secondary N) is 2. The number of ether oxygens (including phenoxy) is 1. The van der Waals surface area contributed by atoms with Gasteiger partial charge in [-0.1, -0.05) is 0 Å². The molecule has 1 amide bonds. The summed E-state index contributed by atoms with van der Waals surface area (Å²) in [5.74, 6) is 1.59. The highest BCUT2D eigenvalue weighted by Gasteiger charge is 2.26. The summed E-state index contributed by atoms with van der Waals surface area (Å²) < 4.78 is 12.1. The number of pyridine rings is 1. The van der Waals surface area contributed by atoms with E-state index >= 15 is 0 Å². The van der Waals surface area contributed by atoms with E-state index in [0.717, 1.165) is 34.5 Å². The molecule has 142 valence electrons. The number of aromatic nitrogens is 2. The van der Waals surface area contributed by atoms with Crippen molar-refractivity contribution in [3.63, 3.8) is 0 Å². The summed E-state index contributed by atoms with van der Waals surface area (Å²) >= 11 is 3.41. The molecule has 0 spiro atoms. The largest absolute Gasteiger partial charge is 0.465 e. The van der Waals surface area contributed by atoms with Crippen LogP contribution in [0, 0.1) is 6.92 Å². The van der Waals surface area contributed by atoms with Crippen molar-refractivity contribution in [3.05, 3.63) is 52.1 Å². The highest BCUT2D eigenvalue weighted by Crippen LogP contribution is 2.24. The lowest BCUT2D eigenvalue weighted by molar-refractivity contribution is 0.0117. The van der Waals surface area contributed by atoms with Crippen molar-refractivity contribution in [2.24, 2.45) is 0 Å². The standard InChI is InChI=1S/C19H21BrN4O3/c1-12-2-3-17(27-12)16(24-4-6-26-7-5-24)11-23-19(25)15-10-22-18-14(15)8-13(20)9-21-18/h2-3,8-10,16H,4-7,11H2,1H3,(H,21,22)(H,23,25). The normalized spacial score (nSPS) is 16.5. The van der Waals surface area contributed by atoms with Gasteiger partial charge in [-0.15, -0.1) is 0 Å². The van der Waals surface area contributed by atoms with Crippen LogP contribution >= 0.6 is 15.9 Å². The van der Waals surface area contributed by atoms with Gasteiger partial charge in [0.2, 0.25) is 0 Å². The summed E-state index contributed by atoms with van der Waals surface area (Å²) in [4.78, 5) is 22.4. The van der Waals surface area contributed by atoms with Crippen molar-refractivity contribution in [3.8, 4) is 0 Å². The summed E-state index contributed by atoms with van der Waals surface area (Å²) in [6, 6.07) is 5.80. The molecule has 7 nitrogen and oxygen atoms in total. The van der Waals surface area contributed by atoms with Crippen molar-refractivity contribution in [1.82, 2.24) is 20.2 Å². The first-order valence-electron chi connectivity index (χ1n) is 8.91. The lowest BCUT2D eigenvalue weighted by Crippen LogP contribution is -2.43. The first kappa shape index (κ1) is 18.2. The van der Waals surface area contributed by atoms with Crippen molar-refractivity contribution in [2.75, 3.05) is 32.8 Å². The third-order valence-corrected chi connectivity index (χ3v) is 5.21. The van der Waals surface area contributed by atoms with Crippen LogP contribution in [-0.4, -0.2) is 53.6 Å². The van der Waals surface area contributed by atoms with Crippen LogP contribution in [0.25, 0.3) is 11.0 Å². The molecule has 2 N–H and O–H groups in total. The van der Waals surface area contributed by atoms with E-state index in [9.17, 15) is 4.79 Å². The van der Waals surface area contributed by atoms with Gasteiger partial charge in [-0.25, -0.2) is 4.98 Å². The minimum absolute atomic E-state index is 0.0263. The minimum atomic E-state index is -0.136. The van der Waals surface area contributed by atoms with Crippen LogP contribution in [0.3, 0.4) is 0 Å². The number of carbonyl (C=O) groups excluding carboxylic acids is 1. The summed E-state index contributed by atoms with van der Waals surface area (Å²) in [7, 11) is 0. The van der Waals surface area contributed by atoms with Crippen LogP contribution < -0.4 is 5.32 Å². The van der Waals surface area contributed by atoms with E-state index < -0.39 is 0 Å². The van der Waals surface area contributed by atoms with Gasteiger partial charge in [0.1, 0.15) is 17.2 Å². The lowest BCUT2D eigenvalue weighted by atomic mass is 10.1. The summed E-state index contributed by atoms with van der Waals surface area (Å²) in [6.07, 6.45) is 3.40. The Morgan fingerprint density at radius 1 is 1.41 bits per heavy atom. The molecule has 1 saturated heterocycles. The Bertz CT molecular complexity index is 945. The van der Waals surface area contributed by atoms with Crippen LogP contribution in [-0.2, 0) is 4.74 Å². The Balaban J connectivity index is 1.52. The molecule has 1 unspecified atom stereocenters. The maximum Gasteiger partial charge on any atom is 0.253 e. The number of carbonyl (C=O) groups is 1. The van der Waals surface area contributed by atoms with E-state index in [1.165, 1.54) is 0 Å². The Hall–Kier alpha value is -2.16. The van der Waals surface area contributed by atoms with Crippen LogP contribution in [0.4, 0.5) is 0 Å². The smallest absolute Gasteiger partial charge is 0.253 e. The van der Waals surface area contributed by atoms with Gasteiger partial charge >= 0.3 is 0 Å². The number of hydrogen-bond acceptors (Lipinski definition) is 5. The van der Waals surface area contributed by atoms with E-state index in [4.69, 9.17) is 9.15 Å². The van der Waals surface area contributed by atoms with Gasteiger partial charge in [-0.2, -0.15) is 0 Å². The Morgan fingerprint density at radius 3 is 2.96 bits per heavy atom. The van der Waals surface area contributed by atoms with E-state index in [2.05, 4.69) is 36.1 Å². The number of hydrogen-bond donors (Lipinski definition) is 2. The summed E-state index contributed by atoms with van der Waals surface area (Å²) in [5.41, 5.74) is 1.27. The van der Waals surface area contributed by atoms with Gasteiger partial charge in [-0.3, -0.25) is 9.69 Å². The first-order valence-corrected chi connectivity index (χ1v) is 9.70. The zero-order valence-corrected chi connectivity index (χ0v) is 16.6. The molecule has 0 radical (unpaired) electrons. The molecular weight excluding hydrogens is 412 g/mol. The molecule has 1 aliphatic heterocycles. The van der Waals surface area contributed by atoms with Crippen molar-refractivity contribution >= 4 is 32.9 Å².